The lowest BCUT2D eigenvalue weighted by atomic mass is 10.2. The van der Waals surface area contributed by atoms with Gasteiger partial charge in [0.1, 0.15) is 22.1 Å². The van der Waals surface area contributed by atoms with Crippen molar-refractivity contribution in [1.29, 1.82) is 0 Å². The predicted octanol–water partition coefficient (Wildman–Crippen LogP) is 3.84. The number of carbonyl (C=O) groups is 1. The number of nitrogens with zero attached hydrogens (tertiary/aromatic N) is 2. The fourth-order valence-corrected chi connectivity index (χ4v) is 6.14. The maximum atomic E-state index is 13.2. The summed E-state index contributed by atoms with van der Waals surface area (Å²) in [7, 11) is -3.84. The summed E-state index contributed by atoms with van der Waals surface area (Å²) in [4.78, 5) is 13.2. The standard InChI is InChI=1S/C19H14FN3O3S3/c20-13-4-6-14(7-5-13)29(25,26)18(17-2-1-9-27-17)11-21-19(24)12-3-8-15-16(10-12)23-28-22-15/h1-10,18H,11H2,(H,21,24)/t18-/m0/s1. The number of aromatic nitrogens is 2. The number of hydrogen-bond donors (Lipinski definition) is 1. The van der Waals surface area contributed by atoms with Gasteiger partial charge in [-0.3, -0.25) is 4.79 Å². The minimum atomic E-state index is -3.84. The first-order valence-electron chi connectivity index (χ1n) is 8.48. The van der Waals surface area contributed by atoms with Gasteiger partial charge in [0, 0.05) is 17.0 Å². The molecule has 0 spiro atoms. The molecule has 1 atom stereocenters. The van der Waals surface area contributed by atoms with E-state index in [-0.39, 0.29) is 11.4 Å². The first-order chi connectivity index (χ1) is 13.9. The molecule has 148 valence electrons. The van der Waals surface area contributed by atoms with Crippen molar-refractivity contribution < 1.29 is 17.6 Å². The number of rotatable bonds is 6. The van der Waals surface area contributed by atoms with Crippen molar-refractivity contribution in [3.05, 3.63) is 76.2 Å². The summed E-state index contributed by atoms with van der Waals surface area (Å²) in [6, 6.07) is 13.1. The molecule has 0 unspecified atom stereocenters. The molecule has 0 aliphatic rings. The molecule has 2 aromatic heterocycles. The SMILES string of the molecule is O=C(NC[C@@H](c1cccs1)S(=O)(=O)c1ccc(F)cc1)c1ccc2nsnc2c1. The van der Waals surface area contributed by atoms with Crippen LogP contribution < -0.4 is 5.32 Å². The van der Waals surface area contributed by atoms with Crippen molar-refractivity contribution in [2.45, 2.75) is 10.1 Å². The van der Waals surface area contributed by atoms with E-state index < -0.39 is 26.8 Å². The van der Waals surface area contributed by atoms with Crippen LogP contribution in [0.1, 0.15) is 20.5 Å². The van der Waals surface area contributed by atoms with Crippen LogP contribution in [0.4, 0.5) is 4.39 Å². The lowest BCUT2D eigenvalue weighted by molar-refractivity contribution is 0.0954. The Bertz CT molecular complexity index is 1250. The zero-order chi connectivity index (χ0) is 20.4. The molecule has 4 rings (SSSR count). The Balaban J connectivity index is 1.59. The van der Waals surface area contributed by atoms with E-state index in [2.05, 4.69) is 14.1 Å². The third-order valence-electron chi connectivity index (χ3n) is 4.34. The van der Waals surface area contributed by atoms with Crippen LogP contribution in [0, 0.1) is 5.82 Å². The van der Waals surface area contributed by atoms with Crippen LogP contribution in [0.25, 0.3) is 11.0 Å². The van der Waals surface area contributed by atoms with Crippen LogP contribution in [-0.2, 0) is 9.84 Å². The molecule has 2 heterocycles. The number of thiophene rings is 1. The molecule has 0 radical (unpaired) electrons. The Kier molecular flexibility index (Phi) is 5.39. The lowest BCUT2D eigenvalue weighted by Crippen LogP contribution is -2.31. The summed E-state index contributed by atoms with van der Waals surface area (Å²) in [6.45, 7) is -0.119. The molecule has 0 bridgehead atoms. The Morgan fingerprint density at radius 3 is 2.55 bits per heavy atom. The fraction of sp³-hybridized carbons (Fsp3) is 0.105. The molecule has 2 aromatic carbocycles. The summed E-state index contributed by atoms with van der Waals surface area (Å²) >= 11 is 2.34. The van der Waals surface area contributed by atoms with Gasteiger partial charge in [-0.15, -0.1) is 11.3 Å². The van der Waals surface area contributed by atoms with Crippen LogP contribution in [0.3, 0.4) is 0 Å². The number of hydrogen-bond acceptors (Lipinski definition) is 7. The lowest BCUT2D eigenvalue weighted by Gasteiger charge is -2.17. The molecule has 0 aliphatic heterocycles. The monoisotopic (exact) mass is 447 g/mol. The summed E-state index contributed by atoms with van der Waals surface area (Å²) in [5.74, 6) is -0.924. The average molecular weight is 448 g/mol. The van der Waals surface area contributed by atoms with Gasteiger partial charge in [0.05, 0.1) is 16.6 Å². The van der Waals surface area contributed by atoms with E-state index in [0.29, 0.717) is 21.5 Å². The number of carbonyl (C=O) groups excluding carboxylic acids is 1. The van der Waals surface area contributed by atoms with Gasteiger partial charge >= 0.3 is 0 Å². The highest BCUT2D eigenvalue weighted by Gasteiger charge is 2.30. The van der Waals surface area contributed by atoms with E-state index in [9.17, 15) is 17.6 Å². The zero-order valence-electron chi connectivity index (χ0n) is 14.8. The number of sulfone groups is 1. The second-order valence-electron chi connectivity index (χ2n) is 6.18. The van der Waals surface area contributed by atoms with E-state index in [1.54, 1.807) is 35.7 Å². The third kappa shape index (κ3) is 4.04. The minimum Gasteiger partial charge on any atom is -0.350 e. The Morgan fingerprint density at radius 1 is 1.07 bits per heavy atom. The van der Waals surface area contributed by atoms with Gasteiger partial charge in [-0.05, 0) is 53.9 Å². The van der Waals surface area contributed by atoms with Crippen molar-refractivity contribution in [3.63, 3.8) is 0 Å². The van der Waals surface area contributed by atoms with Gasteiger partial charge in [0.2, 0.25) is 0 Å². The molecule has 29 heavy (non-hydrogen) atoms. The van der Waals surface area contributed by atoms with Crippen molar-refractivity contribution in [3.8, 4) is 0 Å². The van der Waals surface area contributed by atoms with E-state index >= 15 is 0 Å². The second kappa shape index (κ2) is 7.97. The van der Waals surface area contributed by atoms with Crippen LogP contribution >= 0.6 is 23.1 Å². The van der Waals surface area contributed by atoms with Gasteiger partial charge < -0.3 is 5.32 Å². The quantitative estimate of drug-likeness (QED) is 0.454. The summed E-state index contributed by atoms with van der Waals surface area (Å²) in [5, 5.41) is 3.49. The molecule has 0 fully saturated rings. The van der Waals surface area contributed by atoms with Gasteiger partial charge in [0.25, 0.3) is 5.91 Å². The van der Waals surface area contributed by atoms with E-state index in [0.717, 1.165) is 23.9 Å². The highest BCUT2D eigenvalue weighted by Crippen LogP contribution is 2.31. The van der Waals surface area contributed by atoms with Crippen molar-refractivity contribution >= 4 is 49.8 Å². The highest BCUT2D eigenvalue weighted by atomic mass is 32.2. The Morgan fingerprint density at radius 2 is 1.83 bits per heavy atom. The van der Waals surface area contributed by atoms with E-state index in [1.807, 2.05) is 0 Å². The number of nitrogens with one attached hydrogen (secondary N) is 1. The maximum Gasteiger partial charge on any atom is 0.251 e. The van der Waals surface area contributed by atoms with Crippen LogP contribution in [0.5, 0.6) is 0 Å². The second-order valence-corrected chi connectivity index (χ2v) is 9.82. The van der Waals surface area contributed by atoms with Gasteiger partial charge in [-0.1, -0.05) is 6.07 Å². The van der Waals surface area contributed by atoms with Crippen molar-refractivity contribution in [2.75, 3.05) is 6.54 Å². The Labute approximate surface area is 174 Å². The molecule has 4 aromatic rings. The first kappa shape index (κ1) is 19.6. The fourth-order valence-electron chi connectivity index (χ4n) is 2.84. The van der Waals surface area contributed by atoms with Crippen LogP contribution in [0.2, 0.25) is 0 Å². The molecule has 6 nitrogen and oxygen atoms in total. The summed E-state index contributed by atoms with van der Waals surface area (Å²) in [5.41, 5.74) is 1.67. The number of amides is 1. The number of fused-ring (bicyclic) bond motifs is 1. The molecule has 1 amide bonds. The normalized spacial score (nSPS) is 12.7. The summed E-state index contributed by atoms with van der Waals surface area (Å²) < 4.78 is 47.7. The topological polar surface area (TPSA) is 89.0 Å². The number of benzene rings is 2. The smallest absolute Gasteiger partial charge is 0.251 e. The third-order valence-corrected chi connectivity index (χ3v) is 8.13. The number of halogens is 1. The van der Waals surface area contributed by atoms with Gasteiger partial charge in [-0.25, -0.2) is 12.8 Å². The molecular formula is C19H14FN3O3S3. The molecule has 0 saturated heterocycles. The first-order valence-corrected chi connectivity index (χ1v) is 11.6. The Hall–Kier alpha value is -2.69. The van der Waals surface area contributed by atoms with Crippen molar-refractivity contribution in [2.24, 2.45) is 0 Å². The maximum absolute atomic E-state index is 13.2. The van der Waals surface area contributed by atoms with Gasteiger partial charge in [-0.2, -0.15) is 8.75 Å². The van der Waals surface area contributed by atoms with Crippen LogP contribution in [-0.4, -0.2) is 29.6 Å². The molecule has 0 aliphatic carbocycles. The molecule has 1 N–H and O–H groups in total. The van der Waals surface area contributed by atoms with Crippen molar-refractivity contribution in [1.82, 2.24) is 14.1 Å². The van der Waals surface area contributed by atoms with Gasteiger partial charge in [0.15, 0.2) is 9.84 Å². The zero-order valence-corrected chi connectivity index (χ0v) is 17.2. The molecule has 0 saturated carbocycles. The summed E-state index contributed by atoms with van der Waals surface area (Å²) in [6.07, 6.45) is 0. The van der Waals surface area contributed by atoms with E-state index in [1.165, 1.54) is 23.5 Å². The average Bonchev–Trinajstić information content (AvgIpc) is 3.39. The largest absolute Gasteiger partial charge is 0.350 e. The molecular weight excluding hydrogens is 433 g/mol. The van der Waals surface area contributed by atoms with E-state index in [4.69, 9.17) is 0 Å². The highest BCUT2D eigenvalue weighted by molar-refractivity contribution is 7.91. The minimum absolute atomic E-state index is 0.00140. The van der Waals surface area contributed by atoms with Crippen LogP contribution in [0.15, 0.2) is 64.9 Å². The predicted molar refractivity (Wildman–Crippen MR) is 110 cm³/mol. The molecule has 10 heteroatoms.